The van der Waals surface area contributed by atoms with Crippen molar-refractivity contribution in [2.45, 2.75) is 44.8 Å². The highest BCUT2D eigenvalue weighted by Gasteiger charge is 2.29. The molecular weight excluding hydrogens is 220 g/mol. The van der Waals surface area contributed by atoms with Crippen LogP contribution in [0.4, 0.5) is 0 Å². The summed E-state index contributed by atoms with van der Waals surface area (Å²) in [5, 5.41) is 9.86. The first kappa shape index (κ1) is 14.0. The van der Waals surface area contributed by atoms with E-state index in [1.165, 1.54) is 11.8 Å². The zero-order chi connectivity index (χ0) is 13.0. The number of aliphatic hydroxyl groups excluding tert-OH is 1. The molecule has 1 N–H and O–H groups in total. The summed E-state index contributed by atoms with van der Waals surface area (Å²) >= 11 is 0. The van der Waals surface area contributed by atoms with Gasteiger partial charge in [-0.05, 0) is 12.8 Å². The minimum Gasteiger partial charge on any atom is -0.391 e. The summed E-state index contributed by atoms with van der Waals surface area (Å²) in [5.74, 6) is -0.246. The lowest BCUT2D eigenvalue weighted by Crippen LogP contribution is -2.49. The predicted octanol–water partition coefficient (Wildman–Crippen LogP) is 0.227. The van der Waals surface area contributed by atoms with Crippen LogP contribution in [0.2, 0.25) is 0 Å². The Morgan fingerprint density at radius 1 is 1.24 bits per heavy atom. The van der Waals surface area contributed by atoms with Gasteiger partial charge in [-0.25, -0.2) is 0 Å². The molecular formula is C12H22N2O3. The van der Waals surface area contributed by atoms with Gasteiger partial charge in [0, 0.05) is 21.0 Å². The number of hydrogen-bond acceptors (Lipinski definition) is 3. The predicted molar refractivity (Wildman–Crippen MR) is 64.3 cm³/mol. The Bertz CT molecular complexity index is 293. The van der Waals surface area contributed by atoms with Gasteiger partial charge in [-0.2, -0.15) is 0 Å². The first-order chi connectivity index (χ1) is 7.93. The van der Waals surface area contributed by atoms with Gasteiger partial charge in [-0.3, -0.25) is 9.59 Å². The van der Waals surface area contributed by atoms with Crippen LogP contribution in [0, 0.1) is 0 Å². The zero-order valence-electron chi connectivity index (χ0n) is 10.8. The Hall–Kier alpha value is -1.10. The molecule has 1 rings (SSSR count). The van der Waals surface area contributed by atoms with Gasteiger partial charge in [0.25, 0.3) is 0 Å². The first-order valence-corrected chi connectivity index (χ1v) is 6.09. The van der Waals surface area contributed by atoms with Crippen molar-refractivity contribution in [3.8, 4) is 0 Å². The van der Waals surface area contributed by atoms with E-state index in [9.17, 15) is 14.7 Å². The van der Waals surface area contributed by atoms with E-state index >= 15 is 0 Å². The van der Waals surface area contributed by atoms with Crippen LogP contribution in [0.15, 0.2) is 0 Å². The number of carbonyl (C=O) groups is 2. The minimum absolute atomic E-state index is 0.0784. The number of rotatable bonds is 3. The van der Waals surface area contributed by atoms with Crippen LogP contribution in [-0.2, 0) is 9.59 Å². The summed E-state index contributed by atoms with van der Waals surface area (Å²) in [7, 11) is 3.31. The van der Waals surface area contributed by atoms with E-state index in [2.05, 4.69) is 0 Å². The third kappa shape index (κ3) is 3.70. The van der Waals surface area contributed by atoms with Crippen molar-refractivity contribution in [1.29, 1.82) is 0 Å². The molecule has 1 aliphatic rings. The van der Waals surface area contributed by atoms with Gasteiger partial charge in [0.15, 0.2) is 0 Å². The van der Waals surface area contributed by atoms with Crippen molar-refractivity contribution < 1.29 is 14.7 Å². The van der Waals surface area contributed by atoms with E-state index < -0.39 is 6.10 Å². The molecule has 5 nitrogen and oxygen atoms in total. The lowest BCUT2D eigenvalue weighted by molar-refractivity contribution is -0.141. The average Bonchev–Trinajstić information content (AvgIpc) is 2.28. The number of hydrogen-bond donors (Lipinski definition) is 1. The van der Waals surface area contributed by atoms with Crippen LogP contribution in [0.3, 0.4) is 0 Å². The lowest BCUT2D eigenvalue weighted by Gasteiger charge is -2.35. The first-order valence-electron chi connectivity index (χ1n) is 6.09. The summed E-state index contributed by atoms with van der Waals surface area (Å²) in [6.07, 6.45) is 3.23. The molecule has 0 aromatic rings. The Morgan fingerprint density at radius 2 is 1.82 bits per heavy atom. The molecule has 2 atom stereocenters. The second-order valence-corrected chi connectivity index (χ2v) is 4.80. The molecule has 98 valence electrons. The Balaban J connectivity index is 2.53. The number of amides is 2. The van der Waals surface area contributed by atoms with Crippen molar-refractivity contribution in [2.24, 2.45) is 0 Å². The molecule has 1 saturated carbocycles. The van der Waals surface area contributed by atoms with Crippen LogP contribution in [-0.4, -0.2) is 59.5 Å². The normalized spacial score (nSPS) is 24.2. The standard InChI is InChI=1S/C12H22N2O3/c1-9(15)13(2)8-12(17)14(3)10-6-4-5-7-11(10)16/h10-11,16H,4-8H2,1-3H3. The van der Waals surface area contributed by atoms with Crippen molar-refractivity contribution in [3.05, 3.63) is 0 Å². The number of likely N-dealkylation sites (N-methyl/N-ethyl adjacent to an activating group) is 2. The van der Waals surface area contributed by atoms with Crippen LogP contribution in [0.25, 0.3) is 0 Å². The van der Waals surface area contributed by atoms with E-state index in [4.69, 9.17) is 0 Å². The van der Waals surface area contributed by atoms with Crippen LogP contribution in [0.5, 0.6) is 0 Å². The number of aliphatic hydroxyl groups is 1. The number of nitrogens with zero attached hydrogens (tertiary/aromatic N) is 2. The molecule has 5 heteroatoms. The highest BCUT2D eigenvalue weighted by molar-refractivity contribution is 5.83. The maximum atomic E-state index is 11.9. The fourth-order valence-electron chi connectivity index (χ4n) is 2.15. The highest BCUT2D eigenvalue weighted by atomic mass is 16.3. The topological polar surface area (TPSA) is 60.9 Å². The van der Waals surface area contributed by atoms with Crippen molar-refractivity contribution in [2.75, 3.05) is 20.6 Å². The van der Waals surface area contributed by atoms with Gasteiger partial charge in [-0.1, -0.05) is 12.8 Å². The van der Waals surface area contributed by atoms with E-state index in [-0.39, 0.29) is 24.4 Å². The molecule has 1 aliphatic carbocycles. The maximum absolute atomic E-state index is 11.9. The molecule has 1 fully saturated rings. The maximum Gasteiger partial charge on any atom is 0.242 e. The SMILES string of the molecule is CC(=O)N(C)CC(=O)N(C)C1CCCCC1O. The van der Waals surface area contributed by atoms with E-state index in [0.717, 1.165) is 25.7 Å². The second kappa shape index (κ2) is 6.00. The molecule has 0 aliphatic heterocycles. The van der Waals surface area contributed by atoms with Crippen LogP contribution < -0.4 is 0 Å². The molecule has 0 spiro atoms. The third-order valence-electron chi connectivity index (χ3n) is 3.49. The van der Waals surface area contributed by atoms with Crippen molar-refractivity contribution >= 4 is 11.8 Å². The quantitative estimate of drug-likeness (QED) is 0.770. The average molecular weight is 242 g/mol. The monoisotopic (exact) mass is 242 g/mol. The molecule has 0 heterocycles. The van der Waals surface area contributed by atoms with Gasteiger partial charge in [0.2, 0.25) is 11.8 Å². The Labute approximate surface area is 102 Å². The smallest absolute Gasteiger partial charge is 0.242 e. The summed E-state index contributed by atoms with van der Waals surface area (Å²) in [6.45, 7) is 1.51. The van der Waals surface area contributed by atoms with Gasteiger partial charge in [0.05, 0.1) is 18.7 Å². The molecule has 0 bridgehead atoms. The summed E-state index contributed by atoms with van der Waals surface area (Å²) in [6, 6.07) is -0.100. The largest absolute Gasteiger partial charge is 0.391 e. The summed E-state index contributed by atoms with van der Waals surface area (Å²) in [5.41, 5.74) is 0. The van der Waals surface area contributed by atoms with Crippen LogP contribution in [0.1, 0.15) is 32.6 Å². The highest BCUT2D eigenvalue weighted by Crippen LogP contribution is 2.22. The molecule has 0 radical (unpaired) electrons. The van der Waals surface area contributed by atoms with Crippen LogP contribution >= 0.6 is 0 Å². The Kier molecular flexibility index (Phi) is 4.93. The van der Waals surface area contributed by atoms with Gasteiger partial charge < -0.3 is 14.9 Å². The minimum atomic E-state index is -0.430. The molecule has 0 aromatic heterocycles. The van der Waals surface area contributed by atoms with Gasteiger partial charge in [-0.15, -0.1) is 0 Å². The fraction of sp³-hybridized carbons (Fsp3) is 0.833. The van der Waals surface area contributed by atoms with E-state index in [0.29, 0.717) is 0 Å². The van der Waals surface area contributed by atoms with Crippen molar-refractivity contribution in [1.82, 2.24) is 9.80 Å². The molecule has 2 unspecified atom stereocenters. The summed E-state index contributed by atoms with van der Waals surface area (Å²) in [4.78, 5) is 25.9. The molecule has 2 amide bonds. The second-order valence-electron chi connectivity index (χ2n) is 4.80. The zero-order valence-corrected chi connectivity index (χ0v) is 10.8. The van der Waals surface area contributed by atoms with Gasteiger partial charge in [0.1, 0.15) is 0 Å². The Morgan fingerprint density at radius 3 is 2.35 bits per heavy atom. The molecule has 17 heavy (non-hydrogen) atoms. The molecule has 0 saturated heterocycles. The number of carbonyl (C=O) groups excluding carboxylic acids is 2. The summed E-state index contributed by atoms with van der Waals surface area (Å²) < 4.78 is 0. The third-order valence-corrected chi connectivity index (χ3v) is 3.49. The fourth-order valence-corrected chi connectivity index (χ4v) is 2.15. The molecule has 0 aromatic carbocycles. The van der Waals surface area contributed by atoms with Crippen molar-refractivity contribution in [3.63, 3.8) is 0 Å². The van der Waals surface area contributed by atoms with Gasteiger partial charge >= 0.3 is 0 Å². The van der Waals surface area contributed by atoms with E-state index in [1.54, 1.807) is 19.0 Å². The van der Waals surface area contributed by atoms with E-state index in [1.807, 2.05) is 0 Å². The lowest BCUT2D eigenvalue weighted by atomic mass is 9.91.